The number of rotatable bonds is 4. The molecule has 3 aliphatic rings. The van der Waals surface area contributed by atoms with E-state index in [1.165, 1.54) is 25.7 Å². The Morgan fingerprint density at radius 3 is 1.45 bits per heavy atom. The molecule has 1 aliphatic carbocycles. The van der Waals surface area contributed by atoms with Crippen molar-refractivity contribution in [1.29, 1.82) is 0 Å². The fourth-order valence-corrected chi connectivity index (χ4v) is 4.01. The first-order valence-electron chi connectivity index (χ1n) is 8.28. The van der Waals surface area contributed by atoms with Gasteiger partial charge >= 0.3 is 0 Å². The second kappa shape index (κ2) is 6.15. The average molecular weight is 278 g/mol. The molecule has 0 aromatic heterocycles. The second-order valence-corrected chi connectivity index (χ2v) is 6.77. The van der Waals surface area contributed by atoms with Crippen LogP contribution in [0.1, 0.15) is 51.4 Å². The van der Waals surface area contributed by atoms with Gasteiger partial charge in [-0.25, -0.2) is 0 Å². The van der Waals surface area contributed by atoms with Crippen molar-refractivity contribution in [3.63, 3.8) is 0 Å². The maximum absolute atomic E-state index is 11.7. The summed E-state index contributed by atoms with van der Waals surface area (Å²) in [5.74, 6) is 2.11. The number of nitrogens with zero attached hydrogens (tertiary/aromatic N) is 2. The zero-order valence-electron chi connectivity index (χ0n) is 12.4. The van der Waals surface area contributed by atoms with Gasteiger partial charge in [0.25, 0.3) is 0 Å². The molecule has 112 valence electrons. The van der Waals surface area contributed by atoms with Crippen molar-refractivity contribution < 1.29 is 9.59 Å². The predicted octanol–water partition coefficient (Wildman–Crippen LogP) is 2.04. The highest BCUT2D eigenvalue weighted by atomic mass is 16.2. The molecular weight excluding hydrogens is 252 g/mol. The minimum atomic E-state index is 0.356. The molecule has 4 heteroatoms. The minimum absolute atomic E-state index is 0.356. The number of amides is 2. The third-order valence-electron chi connectivity index (χ3n) is 5.27. The molecule has 2 amide bonds. The fraction of sp³-hybridized carbons (Fsp3) is 0.875. The van der Waals surface area contributed by atoms with Crippen LogP contribution >= 0.6 is 0 Å². The monoisotopic (exact) mass is 278 g/mol. The van der Waals surface area contributed by atoms with Crippen molar-refractivity contribution in [2.24, 2.45) is 11.8 Å². The first-order valence-corrected chi connectivity index (χ1v) is 8.28. The number of hydrogen-bond donors (Lipinski definition) is 0. The zero-order valence-corrected chi connectivity index (χ0v) is 12.4. The van der Waals surface area contributed by atoms with Crippen molar-refractivity contribution in [1.82, 2.24) is 9.80 Å². The van der Waals surface area contributed by atoms with Crippen LogP contribution in [0.4, 0.5) is 0 Å². The molecule has 0 unspecified atom stereocenters. The van der Waals surface area contributed by atoms with E-state index in [4.69, 9.17) is 0 Å². The SMILES string of the molecule is O=C1CCCN1CC1CCC(CN2CCCC2=O)CC1. The smallest absolute Gasteiger partial charge is 0.222 e. The molecule has 0 spiro atoms. The Hall–Kier alpha value is -1.06. The van der Waals surface area contributed by atoms with Crippen molar-refractivity contribution in [2.45, 2.75) is 51.4 Å². The molecular formula is C16H26N2O2. The molecule has 2 aliphatic heterocycles. The fourth-order valence-electron chi connectivity index (χ4n) is 4.01. The Morgan fingerprint density at radius 2 is 1.15 bits per heavy atom. The average Bonchev–Trinajstić information content (AvgIpc) is 3.02. The molecule has 0 N–H and O–H groups in total. The lowest BCUT2D eigenvalue weighted by molar-refractivity contribution is -0.129. The van der Waals surface area contributed by atoms with Crippen LogP contribution in [0.2, 0.25) is 0 Å². The quantitative estimate of drug-likeness (QED) is 0.789. The van der Waals surface area contributed by atoms with Crippen LogP contribution in [-0.2, 0) is 9.59 Å². The Labute approximate surface area is 121 Å². The summed E-state index contributed by atoms with van der Waals surface area (Å²) in [4.78, 5) is 27.4. The van der Waals surface area contributed by atoms with Crippen molar-refractivity contribution in [3.05, 3.63) is 0 Å². The van der Waals surface area contributed by atoms with Gasteiger partial charge in [0.05, 0.1) is 0 Å². The number of carbonyl (C=O) groups is 2. The highest BCUT2D eigenvalue weighted by Crippen LogP contribution is 2.31. The van der Waals surface area contributed by atoms with E-state index in [-0.39, 0.29) is 0 Å². The maximum atomic E-state index is 11.7. The summed E-state index contributed by atoms with van der Waals surface area (Å²) in [5.41, 5.74) is 0. The van der Waals surface area contributed by atoms with Gasteiger partial charge in [-0.2, -0.15) is 0 Å². The third kappa shape index (κ3) is 3.15. The third-order valence-corrected chi connectivity index (χ3v) is 5.27. The molecule has 0 bridgehead atoms. The first-order chi connectivity index (χ1) is 9.72. The Morgan fingerprint density at radius 1 is 0.750 bits per heavy atom. The summed E-state index contributed by atoms with van der Waals surface area (Å²) < 4.78 is 0. The number of hydrogen-bond acceptors (Lipinski definition) is 2. The molecule has 2 saturated heterocycles. The second-order valence-electron chi connectivity index (χ2n) is 6.77. The molecule has 3 fully saturated rings. The normalized spacial score (nSPS) is 31.4. The Balaban J connectivity index is 1.40. The zero-order chi connectivity index (χ0) is 13.9. The number of likely N-dealkylation sites (tertiary alicyclic amines) is 2. The summed E-state index contributed by atoms with van der Waals surface area (Å²) in [7, 11) is 0. The summed E-state index contributed by atoms with van der Waals surface area (Å²) in [6.45, 7) is 3.91. The molecule has 0 aromatic carbocycles. The van der Waals surface area contributed by atoms with Crippen molar-refractivity contribution in [2.75, 3.05) is 26.2 Å². The van der Waals surface area contributed by atoms with E-state index >= 15 is 0 Å². The van der Waals surface area contributed by atoms with Gasteiger partial charge < -0.3 is 9.80 Å². The van der Waals surface area contributed by atoms with Gasteiger partial charge in [-0.1, -0.05) is 0 Å². The van der Waals surface area contributed by atoms with Gasteiger partial charge in [0.15, 0.2) is 0 Å². The summed E-state index contributed by atoms with van der Waals surface area (Å²) in [6, 6.07) is 0. The van der Waals surface area contributed by atoms with Gasteiger partial charge in [-0.05, 0) is 50.4 Å². The largest absolute Gasteiger partial charge is 0.342 e. The van der Waals surface area contributed by atoms with Crippen molar-refractivity contribution >= 4 is 11.8 Å². The van der Waals surface area contributed by atoms with Crippen LogP contribution in [0, 0.1) is 11.8 Å². The van der Waals surface area contributed by atoms with Crippen LogP contribution in [0.5, 0.6) is 0 Å². The van der Waals surface area contributed by atoms with E-state index in [0.29, 0.717) is 23.7 Å². The van der Waals surface area contributed by atoms with Crippen LogP contribution in [-0.4, -0.2) is 47.8 Å². The first kappa shape index (κ1) is 13.9. The predicted molar refractivity (Wildman–Crippen MR) is 77.1 cm³/mol. The van der Waals surface area contributed by atoms with Crippen LogP contribution in [0.25, 0.3) is 0 Å². The van der Waals surface area contributed by atoms with Crippen LogP contribution < -0.4 is 0 Å². The Kier molecular flexibility index (Phi) is 4.27. The van der Waals surface area contributed by atoms with Crippen LogP contribution in [0.15, 0.2) is 0 Å². The standard InChI is InChI=1S/C16H26N2O2/c19-15-3-1-9-17(15)11-13-5-7-14(8-6-13)12-18-10-2-4-16(18)20/h13-14H,1-12H2. The molecule has 0 aromatic rings. The molecule has 3 rings (SSSR count). The van der Waals surface area contributed by atoms with E-state index in [1.54, 1.807) is 0 Å². The lowest BCUT2D eigenvalue weighted by Crippen LogP contribution is -2.35. The van der Waals surface area contributed by atoms with Gasteiger partial charge in [0, 0.05) is 39.0 Å². The van der Waals surface area contributed by atoms with Crippen molar-refractivity contribution in [3.8, 4) is 0 Å². The number of carbonyl (C=O) groups excluding carboxylic acids is 2. The topological polar surface area (TPSA) is 40.6 Å². The lowest BCUT2D eigenvalue weighted by atomic mass is 9.81. The van der Waals surface area contributed by atoms with E-state index in [9.17, 15) is 9.59 Å². The van der Waals surface area contributed by atoms with E-state index < -0.39 is 0 Å². The van der Waals surface area contributed by atoms with E-state index in [2.05, 4.69) is 9.80 Å². The molecule has 20 heavy (non-hydrogen) atoms. The molecule has 2 heterocycles. The highest BCUT2D eigenvalue weighted by molar-refractivity contribution is 5.78. The minimum Gasteiger partial charge on any atom is -0.342 e. The Bertz CT molecular complexity index is 339. The highest BCUT2D eigenvalue weighted by Gasteiger charge is 2.29. The molecule has 0 atom stereocenters. The summed E-state index contributed by atoms with van der Waals surface area (Å²) >= 11 is 0. The van der Waals surface area contributed by atoms with Gasteiger partial charge in [0.1, 0.15) is 0 Å². The van der Waals surface area contributed by atoms with Gasteiger partial charge in [-0.15, -0.1) is 0 Å². The van der Waals surface area contributed by atoms with E-state index in [0.717, 1.165) is 51.9 Å². The maximum Gasteiger partial charge on any atom is 0.222 e. The molecule has 4 nitrogen and oxygen atoms in total. The van der Waals surface area contributed by atoms with Gasteiger partial charge in [-0.3, -0.25) is 9.59 Å². The lowest BCUT2D eigenvalue weighted by Gasteiger charge is -2.33. The summed E-state index contributed by atoms with van der Waals surface area (Å²) in [6.07, 6.45) is 8.54. The van der Waals surface area contributed by atoms with Crippen LogP contribution in [0.3, 0.4) is 0 Å². The molecule has 0 radical (unpaired) electrons. The van der Waals surface area contributed by atoms with Gasteiger partial charge in [0.2, 0.25) is 11.8 Å². The summed E-state index contributed by atoms with van der Waals surface area (Å²) in [5, 5.41) is 0. The van der Waals surface area contributed by atoms with E-state index in [1.807, 2.05) is 0 Å². The molecule has 1 saturated carbocycles.